The number of hydrogen-bond acceptors (Lipinski definition) is 5. The number of thiazole rings is 1. The fourth-order valence-corrected chi connectivity index (χ4v) is 4.55. The van der Waals surface area contributed by atoms with E-state index in [0.29, 0.717) is 10.2 Å². The van der Waals surface area contributed by atoms with Crippen molar-refractivity contribution in [1.29, 1.82) is 0 Å². The molecule has 170 valence electrons. The maximum absolute atomic E-state index is 12.1. The number of amides is 1. The molecule has 1 aromatic heterocycles. The standard InChI is InChI=1S/C25H22BrClN2O3S/c1-25(2,3)32-24(30)29-23-28-14-21(33-23)22(15-5-9-19(27)10-6-15)31-20-11-7-16-12-18(26)8-4-17(16)13-20/h4-14,22H,1-3H3,(H,28,29,30). The van der Waals surface area contributed by atoms with Gasteiger partial charge in [0.2, 0.25) is 0 Å². The fourth-order valence-electron chi connectivity index (χ4n) is 3.19. The molecular formula is C25H22BrClN2O3S. The lowest BCUT2D eigenvalue weighted by Gasteiger charge is -2.19. The van der Waals surface area contributed by atoms with Gasteiger partial charge in [-0.3, -0.25) is 5.32 Å². The minimum absolute atomic E-state index is 0.429. The number of nitrogens with one attached hydrogen (secondary N) is 1. The first kappa shape index (κ1) is 23.5. The Hall–Kier alpha value is -2.61. The molecule has 0 bridgehead atoms. The first-order valence-corrected chi connectivity index (χ1v) is 12.2. The molecule has 1 heterocycles. The molecule has 1 unspecified atom stereocenters. The number of benzene rings is 3. The molecule has 0 spiro atoms. The summed E-state index contributed by atoms with van der Waals surface area (Å²) in [5, 5.41) is 5.96. The van der Waals surface area contributed by atoms with Crippen LogP contribution in [-0.4, -0.2) is 16.7 Å². The first-order chi connectivity index (χ1) is 15.7. The van der Waals surface area contributed by atoms with E-state index in [4.69, 9.17) is 21.1 Å². The van der Waals surface area contributed by atoms with Gasteiger partial charge >= 0.3 is 6.09 Å². The van der Waals surface area contributed by atoms with Crippen LogP contribution in [0.3, 0.4) is 0 Å². The molecule has 3 aromatic carbocycles. The highest BCUT2D eigenvalue weighted by molar-refractivity contribution is 9.10. The minimum Gasteiger partial charge on any atom is -0.480 e. The van der Waals surface area contributed by atoms with Crippen molar-refractivity contribution in [3.63, 3.8) is 0 Å². The third kappa shape index (κ3) is 6.25. The molecular weight excluding hydrogens is 524 g/mol. The summed E-state index contributed by atoms with van der Waals surface area (Å²) in [6.45, 7) is 5.44. The summed E-state index contributed by atoms with van der Waals surface area (Å²) in [5.41, 5.74) is 0.327. The van der Waals surface area contributed by atoms with Crippen LogP contribution in [0.25, 0.3) is 10.8 Å². The lowest BCUT2D eigenvalue weighted by Crippen LogP contribution is -2.27. The van der Waals surface area contributed by atoms with Crippen LogP contribution >= 0.6 is 38.9 Å². The van der Waals surface area contributed by atoms with Gasteiger partial charge < -0.3 is 9.47 Å². The second kappa shape index (κ2) is 9.71. The van der Waals surface area contributed by atoms with Gasteiger partial charge in [-0.2, -0.15) is 0 Å². The van der Waals surface area contributed by atoms with Crippen molar-refractivity contribution < 1.29 is 14.3 Å². The largest absolute Gasteiger partial charge is 0.480 e. The highest BCUT2D eigenvalue weighted by atomic mass is 79.9. The van der Waals surface area contributed by atoms with Gasteiger partial charge in [0.15, 0.2) is 11.2 Å². The maximum Gasteiger partial charge on any atom is 0.413 e. The maximum atomic E-state index is 12.1. The average Bonchev–Trinajstić information content (AvgIpc) is 3.19. The molecule has 0 aliphatic rings. The van der Waals surface area contributed by atoms with E-state index in [9.17, 15) is 4.79 Å². The minimum atomic E-state index is -0.592. The van der Waals surface area contributed by atoms with Crippen LogP contribution in [0.1, 0.15) is 37.3 Å². The molecule has 0 aliphatic carbocycles. The summed E-state index contributed by atoms with van der Waals surface area (Å²) in [7, 11) is 0. The number of fused-ring (bicyclic) bond motifs is 1. The summed E-state index contributed by atoms with van der Waals surface area (Å²) in [4.78, 5) is 17.3. The number of anilines is 1. The first-order valence-electron chi connectivity index (χ1n) is 10.2. The molecule has 0 saturated carbocycles. The van der Waals surface area contributed by atoms with Crippen molar-refractivity contribution in [3.05, 3.63) is 86.8 Å². The van der Waals surface area contributed by atoms with Crippen LogP contribution in [0.15, 0.2) is 71.3 Å². The second-order valence-electron chi connectivity index (χ2n) is 8.40. The van der Waals surface area contributed by atoms with Gasteiger partial charge in [0.1, 0.15) is 11.4 Å². The molecule has 0 radical (unpaired) electrons. The van der Waals surface area contributed by atoms with Crippen LogP contribution < -0.4 is 10.1 Å². The molecule has 5 nitrogen and oxygen atoms in total. The predicted octanol–water partition coefficient (Wildman–Crippen LogP) is 8.23. The summed E-state index contributed by atoms with van der Waals surface area (Å²) in [6.07, 6.45) is 0.726. The molecule has 0 fully saturated rings. The predicted molar refractivity (Wildman–Crippen MR) is 138 cm³/mol. The summed E-state index contributed by atoms with van der Waals surface area (Å²) in [6, 6.07) is 19.6. The zero-order valence-corrected chi connectivity index (χ0v) is 21.4. The van der Waals surface area contributed by atoms with Crippen molar-refractivity contribution in [1.82, 2.24) is 4.98 Å². The summed E-state index contributed by atoms with van der Waals surface area (Å²) >= 11 is 10.9. The highest BCUT2D eigenvalue weighted by Crippen LogP contribution is 2.35. The molecule has 1 N–H and O–H groups in total. The van der Waals surface area contributed by atoms with Gasteiger partial charge in [-0.05, 0) is 73.5 Å². The lowest BCUT2D eigenvalue weighted by atomic mass is 10.1. The van der Waals surface area contributed by atoms with Crippen LogP contribution in [-0.2, 0) is 4.74 Å². The molecule has 1 amide bonds. The lowest BCUT2D eigenvalue weighted by molar-refractivity contribution is 0.0636. The Morgan fingerprint density at radius 2 is 1.76 bits per heavy atom. The fraction of sp³-hybridized carbons (Fsp3) is 0.200. The van der Waals surface area contributed by atoms with Crippen LogP contribution in [0.5, 0.6) is 5.75 Å². The van der Waals surface area contributed by atoms with Gasteiger partial charge in [0, 0.05) is 15.7 Å². The SMILES string of the molecule is CC(C)(C)OC(=O)Nc1ncc(C(Oc2ccc3cc(Br)ccc3c2)c2ccc(Cl)cc2)s1. The molecule has 4 aromatic rings. The summed E-state index contributed by atoms with van der Waals surface area (Å²) in [5.74, 6) is 0.722. The quantitative estimate of drug-likeness (QED) is 0.274. The van der Waals surface area contributed by atoms with Crippen LogP contribution in [0.2, 0.25) is 5.02 Å². The van der Waals surface area contributed by atoms with E-state index in [2.05, 4.69) is 32.3 Å². The van der Waals surface area contributed by atoms with Crippen molar-refractivity contribution in [2.75, 3.05) is 5.32 Å². The van der Waals surface area contributed by atoms with Gasteiger partial charge in [-0.25, -0.2) is 9.78 Å². The van der Waals surface area contributed by atoms with E-state index in [0.717, 1.165) is 31.4 Å². The Bertz CT molecular complexity index is 1290. The van der Waals surface area contributed by atoms with Gasteiger partial charge in [0.25, 0.3) is 0 Å². The van der Waals surface area contributed by atoms with E-state index >= 15 is 0 Å². The smallest absolute Gasteiger partial charge is 0.413 e. The Labute approximate surface area is 209 Å². The zero-order valence-electron chi connectivity index (χ0n) is 18.3. The number of carbonyl (C=O) groups is 1. The van der Waals surface area contributed by atoms with E-state index < -0.39 is 17.8 Å². The number of aromatic nitrogens is 1. The number of ether oxygens (including phenoxy) is 2. The van der Waals surface area contributed by atoms with E-state index in [1.807, 2.05) is 75.4 Å². The second-order valence-corrected chi connectivity index (χ2v) is 10.8. The molecule has 0 aliphatic heterocycles. The third-order valence-corrected chi connectivity index (χ3v) is 6.29. The normalized spacial score (nSPS) is 12.4. The van der Waals surface area contributed by atoms with Crippen molar-refractivity contribution in [2.45, 2.75) is 32.5 Å². The third-order valence-electron chi connectivity index (χ3n) is 4.59. The van der Waals surface area contributed by atoms with Gasteiger partial charge in [-0.15, -0.1) is 0 Å². The van der Waals surface area contributed by atoms with E-state index in [-0.39, 0.29) is 0 Å². The molecule has 8 heteroatoms. The molecule has 4 rings (SSSR count). The monoisotopic (exact) mass is 544 g/mol. The Morgan fingerprint density at radius 3 is 2.48 bits per heavy atom. The van der Waals surface area contributed by atoms with Crippen LogP contribution in [0, 0.1) is 0 Å². The van der Waals surface area contributed by atoms with Crippen molar-refractivity contribution in [3.8, 4) is 5.75 Å². The molecule has 0 saturated heterocycles. The Morgan fingerprint density at radius 1 is 1.06 bits per heavy atom. The molecule has 1 atom stereocenters. The van der Waals surface area contributed by atoms with E-state index in [1.54, 1.807) is 6.20 Å². The van der Waals surface area contributed by atoms with Crippen LogP contribution in [0.4, 0.5) is 9.93 Å². The van der Waals surface area contributed by atoms with Gasteiger partial charge in [0.05, 0.1) is 4.88 Å². The number of rotatable bonds is 5. The number of nitrogens with zero attached hydrogens (tertiary/aromatic N) is 1. The summed E-state index contributed by atoms with van der Waals surface area (Å²) < 4.78 is 12.8. The zero-order chi connectivity index (χ0) is 23.6. The number of hydrogen-bond donors (Lipinski definition) is 1. The number of carbonyl (C=O) groups excluding carboxylic acids is 1. The van der Waals surface area contributed by atoms with Crippen molar-refractivity contribution in [2.24, 2.45) is 0 Å². The average molecular weight is 546 g/mol. The Kier molecular flexibility index (Phi) is 6.93. The topological polar surface area (TPSA) is 60.5 Å². The Balaban J connectivity index is 1.62. The highest BCUT2D eigenvalue weighted by Gasteiger charge is 2.22. The number of halogens is 2. The van der Waals surface area contributed by atoms with E-state index in [1.165, 1.54) is 11.3 Å². The molecule has 33 heavy (non-hydrogen) atoms. The van der Waals surface area contributed by atoms with Crippen molar-refractivity contribution >= 4 is 60.9 Å². The van der Waals surface area contributed by atoms with Gasteiger partial charge in [-0.1, -0.05) is 63.1 Å².